The Morgan fingerprint density at radius 1 is 1.04 bits per heavy atom. The van der Waals surface area contributed by atoms with Crippen molar-refractivity contribution in [2.24, 2.45) is 5.92 Å². The molecule has 0 aliphatic carbocycles. The second kappa shape index (κ2) is 8.63. The Kier molecular flexibility index (Phi) is 6.27. The number of benzene rings is 1. The molecule has 4 nitrogen and oxygen atoms in total. The fraction of sp³-hybridized carbons (Fsp3) is 0.650. The van der Waals surface area contributed by atoms with Crippen molar-refractivity contribution in [1.29, 1.82) is 0 Å². The number of carbonyl (C=O) groups is 1. The molecule has 0 aromatic heterocycles. The molecular formula is C20H31N3O. The first-order chi connectivity index (χ1) is 11.7. The summed E-state index contributed by atoms with van der Waals surface area (Å²) in [5, 5.41) is 3.14. The lowest BCUT2D eigenvalue weighted by atomic mass is 9.93. The number of amides is 1. The van der Waals surface area contributed by atoms with E-state index in [2.05, 4.69) is 46.4 Å². The molecule has 0 unspecified atom stereocenters. The van der Waals surface area contributed by atoms with Crippen LogP contribution in [-0.4, -0.2) is 61.5 Å². The van der Waals surface area contributed by atoms with E-state index in [1.54, 1.807) is 0 Å². The van der Waals surface area contributed by atoms with Crippen LogP contribution in [0.4, 0.5) is 0 Å². The number of rotatable bonds is 5. The molecule has 2 fully saturated rings. The summed E-state index contributed by atoms with van der Waals surface area (Å²) in [5.74, 6) is 0.470. The van der Waals surface area contributed by atoms with Crippen LogP contribution in [-0.2, 0) is 11.2 Å². The minimum atomic E-state index is 0.211. The zero-order chi connectivity index (χ0) is 16.8. The smallest absolute Gasteiger partial charge is 0.223 e. The van der Waals surface area contributed by atoms with Crippen molar-refractivity contribution in [3.63, 3.8) is 0 Å². The maximum Gasteiger partial charge on any atom is 0.223 e. The third kappa shape index (κ3) is 4.81. The maximum absolute atomic E-state index is 12.4. The summed E-state index contributed by atoms with van der Waals surface area (Å²) < 4.78 is 0. The molecule has 0 bridgehead atoms. The Hall–Kier alpha value is -1.39. The van der Waals surface area contributed by atoms with E-state index < -0.39 is 0 Å². The van der Waals surface area contributed by atoms with Gasteiger partial charge in [0, 0.05) is 18.5 Å². The van der Waals surface area contributed by atoms with Crippen molar-refractivity contribution in [3.8, 4) is 0 Å². The fourth-order valence-electron chi connectivity index (χ4n) is 4.01. The average Bonchev–Trinajstić information content (AvgIpc) is 2.63. The standard InChI is InChI=1S/C20H31N3O/c1-22-13-10-19(11-14-22)23-15-8-18(9-16-23)20(24)21-12-7-17-5-3-2-4-6-17/h2-6,18-19H,7-16H2,1H3,(H,21,24). The van der Waals surface area contributed by atoms with E-state index in [1.807, 2.05) is 6.07 Å². The highest BCUT2D eigenvalue weighted by Gasteiger charge is 2.29. The number of hydrogen-bond donors (Lipinski definition) is 1. The third-order valence-electron chi connectivity index (χ3n) is 5.66. The molecule has 2 heterocycles. The molecule has 2 saturated heterocycles. The van der Waals surface area contributed by atoms with Crippen LogP contribution in [0.2, 0.25) is 0 Å². The lowest BCUT2D eigenvalue weighted by Gasteiger charge is -2.40. The lowest BCUT2D eigenvalue weighted by Crippen LogP contribution is -2.48. The summed E-state index contributed by atoms with van der Waals surface area (Å²) in [6.07, 6.45) is 5.52. The Labute approximate surface area is 146 Å². The Morgan fingerprint density at radius 2 is 1.71 bits per heavy atom. The van der Waals surface area contributed by atoms with Gasteiger partial charge < -0.3 is 15.1 Å². The van der Waals surface area contributed by atoms with Crippen LogP contribution >= 0.6 is 0 Å². The van der Waals surface area contributed by atoms with E-state index >= 15 is 0 Å². The minimum Gasteiger partial charge on any atom is -0.356 e. The highest BCUT2D eigenvalue weighted by Crippen LogP contribution is 2.23. The summed E-state index contributed by atoms with van der Waals surface area (Å²) in [4.78, 5) is 17.4. The molecule has 132 valence electrons. The summed E-state index contributed by atoms with van der Waals surface area (Å²) in [5.41, 5.74) is 1.29. The maximum atomic E-state index is 12.4. The van der Waals surface area contributed by atoms with Gasteiger partial charge in [-0.25, -0.2) is 0 Å². The van der Waals surface area contributed by atoms with Gasteiger partial charge in [0.2, 0.25) is 5.91 Å². The summed E-state index contributed by atoms with van der Waals surface area (Å²) in [6, 6.07) is 11.1. The van der Waals surface area contributed by atoms with E-state index in [-0.39, 0.29) is 11.8 Å². The van der Waals surface area contributed by atoms with Crippen LogP contribution in [0.5, 0.6) is 0 Å². The van der Waals surface area contributed by atoms with E-state index in [1.165, 1.54) is 31.5 Å². The van der Waals surface area contributed by atoms with Gasteiger partial charge in [0.1, 0.15) is 0 Å². The number of likely N-dealkylation sites (tertiary alicyclic amines) is 2. The molecule has 24 heavy (non-hydrogen) atoms. The quantitative estimate of drug-likeness (QED) is 0.899. The highest BCUT2D eigenvalue weighted by molar-refractivity contribution is 5.78. The van der Waals surface area contributed by atoms with Crippen molar-refractivity contribution in [1.82, 2.24) is 15.1 Å². The first kappa shape index (κ1) is 17.4. The molecule has 1 N–H and O–H groups in total. The molecule has 2 aliphatic rings. The topological polar surface area (TPSA) is 35.6 Å². The highest BCUT2D eigenvalue weighted by atomic mass is 16.1. The van der Waals surface area contributed by atoms with Crippen molar-refractivity contribution in [2.75, 3.05) is 39.8 Å². The molecule has 0 saturated carbocycles. The van der Waals surface area contributed by atoms with Gasteiger partial charge in [0.25, 0.3) is 0 Å². The Bertz CT molecular complexity index is 503. The molecule has 1 aromatic carbocycles. The predicted octanol–water partition coefficient (Wildman–Crippen LogP) is 2.15. The number of piperidine rings is 2. The zero-order valence-electron chi connectivity index (χ0n) is 14.9. The average molecular weight is 329 g/mol. The van der Waals surface area contributed by atoms with Gasteiger partial charge in [-0.1, -0.05) is 30.3 Å². The lowest BCUT2D eigenvalue weighted by molar-refractivity contribution is -0.126. The largest absolute Gasteiger partial charge is 0.356 e. The van der Waals surface area contributed by atoms with Crippen LogP contribution in [0.25, 0.3) is 0 Å². The van der Waals surface area contributed by atoms with Gasteiger partial charge in [-0.3, -0.25) is 4.79 Å². The second-order valence-electron chi connectivity index (χ2n) is 7.37. The zero-order valence-corrected chi connectivity index (χ0v) is 14.9. The minimum absolute atomic E-state index is 0.211. The molecule has 0 radical (unpaired) electrons. The van der Waals surface area contributed by atoms with E-state index in [9.17, 15) is 4.79 Å². The van der Waals surface area contributed by atoms with Gasteiger partial charge in [-0.15, -0.1) is 0 Å². The van der Waals surface area contributed by atoms with E-state index in [0.29, 0.717) is 0 Å². The van der Waals surface area contributed by atoms with E-state index in [4.69, 9.17) is 0 Å². The van der Waals surface area contributed by atoms with Crippen molar-refractivity contribution >= 4 is 5.91 Å². The van der Waals surface area contributed by atoms with Gasteiger partial charge in [0.05, 0.1) is 0 Å². The summed E-state index contributed by atoms with van der Waals surface area (Å²) in [7, 11) is 2.21. The molecular weight excluding hydrogens is 298 g/mol. The Balaban J connectivity index is 1.36. The van der Waals surface area contributed by atoms with Crippen LogP contribution in [0.1, 0.15) is 31.2 Å². The van der Waals surface area contributed by atoms with Crippen LogP contribution in [0.15, 0.2) is 30.3 Å². The fourth-order valence-corrected chi connectivity index (χ4v) is 4.01. The molecule has 0 spiro atoms. The second-order valence-corrected chi connectivity index (χ2v) is 7.37. The van der Waals surface area contributed by atoms with Gasteiger partial charge in [-0.2, -0.15) is 0 Å². The molecule has 3 rings (SSSR count). The normalized spacial score (nSPS) is 21.7. The first-order valence-corrected chi connectivity index (χ1v) is 9.46. The molecule has 1 amide bonds. The molecule has 4 heteroatoms. The number of carbonyl (C=O) groups excluding carboxylic acids is 1. The van der Waals surface area contributed by atoms with Gasteiger partial charge in [0.15, 0.2) is 0 Å². The monoisotopic (exact) mass is 329 g/mol. The SMILES string of the molecule is CN1CCC(N2CCC(C(=O)NCCc3ccccc3)CC2)CC1. The summed E-state index contributed by atoms with van der Waals surface area (Å²) in [6.45, 7) is 5.35. The van der Waals surface area contributed by atoms with Crippen LogP contribution in [0.3, 0.4) is 0 Å². The molecule has 2 aliphatic heterocycles. The number of hydrogen-bond acceptors (Lipinski definition) is 3. The van der Waals surface area contributed by atoms with Crippen molar-refractivity contribution in [3.05, 3.63) is 35.9 Å². The van der Waals surface area contributed by atoms with Crippen LogP contribution in [0, 0.1) is 5.92 Å². The third-order valence-corrected chi connectivity index (χ3v) is 5.66. The van der Waals surface area contributed by atoms with E-state index in [0.717, 1.165) is 44.9 Å². The first-order valence-electron chi connectivity index (χ1n) is 9.46. The predicted molar refractivity (Wildman–Crippen MR) is 98.0 cm³/mol. The summed E-state index contributed by atoms with van der Waals surface area (Å²) >= 11 is 0. The van der Waals surface area contributed by atoms with Crippen molar-refractivity contribution in [2.45, 2.75) is 38.1 Å². The Morgan fingerprint density at radius 3 is 2.38 bits per heavy atom. The van der Waals surface area contributed by atoms with Gasteiger partial charge >= 0.3 is 0 Å². The number of nitrogens with zero attached hydrogens (tertiary/aromatic N) is 2. The van der Waals surface area contributed by atoms with Crippen LogP contribution < -0.4 is 5.32 Å². The molecule has 0 atom stereocenters. The van der Waals surface area contributed by atoms with Gasteiger partial charge in [-0.05, 0) is 70.9 Å². The molecule has 1 aromatic rings. The van der Waals surface area contributed by atoms with Crippen molar-refractivity contribution < 1.29 is 4.79 Å². The number of nitrogens with one attached hydrogen (secondary N) is 1.